The third-order valence-corrected chi connectivity index (χ3v) is 5.46. The van der Waals surface area contributed by atoms with Crippen LogP contribution >= 0.6 is 0 Å². The van der Waals surface area contributed by atoms with E-state index in [2.05, 4.69) is 35.0 Å². The summed E-state index contributed by atoms with van der Waals surface area (Å²) in [7, 11) is 0. The second-order valence-corrected chi connectivity index (χ2v) is 7.22. The number of amides is 1. The number of carbonyl (C=O) groups is 1. The van der Waals surface area contributed by atoms with Gasteiger partial charge < -0.3 is 9.72 Å². The molecule has 4 nitrogen and oxygen atoms in total. The van der Waals surface area contributed by atoms with Crippen LogP contribution in [0.3, 0.4) is 0 Å². The van der Waals surface area contributed by atoms with Crippen LogP contribution in [0.1, 0.15) is 55.5 Å². The van der Waals surface area contributed by atoms with E-state index in [0.717, 1.165) is 37.8 Å². The predicted octanol–water partition coefficient (Wildman–Crippen LogP) is 3.20. The Hall–Kier alpha value is -1.84. The molecule has 0 spiro atoms. The van der Waals surface area contributed by atoms with E-state index in [4.69, 9.17) is 4.98 Å². The number of pyridine rings is 1. The monoisotopic (exact) mass is 311 g/mol. The van der Waals surface area contributed by atoms with E-state index in [9.17, 15) is 4.79 Å². The van der Waals surface area contributed by atoms with Crippen LogP contribution in [0.2, 0.25) is 0 Å². The van der Waals surface area contributed by atoms with Crippen LogP contribution in [-0.2, 0) is 17.6 Å². The van der Waals surface area contributed by atoms with Crippen molar-refractivity contribution in [2.45, 2.75) is 64.3 Å². The van der Waals surface area contributed by atoms with Gasteiger partial charge in [-0.1, -0.05) is 19.3 Å². The number of rotatable bonds is 2. The molecule has 1 unspecified atom stereocenters. The summed E-state index contributed by atoms with van der Waals surface area (Å²) in [5.74, 6) is 0.357. The first-order valence-electron chi connectivity index (χ1n) is 8.97. The second kappa shape index (κ2) is 5.99. The van der Waals surface area contributed by atoms with Crippen LogP contribution < -0.4 is 5.32 Å². The molecule has 1 saturated carbocycles. The van der Waals surface area contributed by atoms with Gasteiger partial charge in [0, 0.05) is 30.3 Å². The maximum absolute atomic E-state index is 12.6. The number of hydrogen-bond acceptors (Lipinski definition) is 2. The molecule has 1 N–H and O–H groups in total. The van der Waals surface area contributed by atoms with Crippen molar-refractivity contribution in [3.05, 3.63) is 35.3 Å². The summed E-state index contributed by atoms with van der Waals surface area (Å²) in [6.45, 7) is 2.09. The molecule has 2 aliphatic carbocycles. The van der Waals surface area contributed by atoms with Crippen molar-refractivity contribution < 1.29 is 4.79 Å². The van der Waals surface area contributed by atoms with Crippen LogP contribution in [0.25, 0.3) is 5.65 Å². The molecule has 0 aliphatic heterocycles. The van der Waals surface area contributed by atoms with Gasteiger partial charge in [-0.05, 0) is 50.3 Å². The van der Waals surface area contributed by atoms with Gasteiger partial charge in [-0.15, -0.1) is 0 Å². The molecule has 2 aromatic heterocycles. The van der Waals surface area contributed by atoms with Gasteiger partial charge >= 0.3 is 0 Å². The minimum atomic E-state index is 0.102. The molecule has 0 aromatic carbocycles. The maximum atomic E-state index is 12.6. The molecule has 2 aliphatic rings. The Kier molecular flexibility index (Phi) is 3.83. The van der Waals surface area contributed by atoms with Crippen LogP contribution in [0.5, 0.6) is 0 Å². The van der Waals surface area contributed by atoms with Crippen LogP contribution in [0.15, 0.2) is 18.3 Å². The zero-order chi connectivity index (χ0) is 15.8. The van der Waals surface area contributed by atoms with E-state index in [1.54, 1.807) is 0 Å². The molecule has 23 heavy (non-hydrogen) atoms. The Bertz CT molecular complexity index is 728. The lowest BCUT2D eigenvalue weighted by molar-refractivity contribution is -0.126. The van der Waals surface area contributed by atoms with Crippen LogP contribution in [0.4, 0.5) is 0 Å². The van der Waals surface area contributed by atoms with Crippen molar-refractivity contribution in [1.29, 1.82) is 0 Å². The first kappa shape index (κ1) is 14.7. The molecule has 122 valence electrons. The lowest BCUT2D eigenvalue weighted by atomic mass is 9.88. The number of aromatic nitrogens is 2. The first-order chi connectivity index (χ1) is 11.2. The standard InChI is InChI=1S/C19H25N3O/c1-13-9-10-22-17-12-14(7-8-16(17)21-18(22)11-13)19(23)20-15-5-3-2-4-6-15/h9-11,14-15H,2-8,12H2,1H3,(H,20,23). The Morgan fingerprint density at radius 2 is 2.09 bits per heavy atom. The van der Waals surface area contributed by atoms with Gasteiger partial charge in [-0.3, -0.25) is 4.79 Å². The average Bonchev–Trinajstić information content (AvgIpc) is 2.92. The molecular formula is C19H25N3O. The molecule has 1 atom stereocenters. The summed E-state index contributed by atoms with van der Waals surface area (Å²) in [5, 5.41) is 3.30. The van der Waals surface area contributed by atoms with E-state index < -0.39 is 0 Å². The summed E-state index contributed by atoms with van der Waals surface area (Å²) in [6.07, 6.45) is 10.9. The van der Waals surface area contributed by atoms with E-state index in [-0.39, 0.29) is 11.8 Å². The number of hydrogen-bond donors (Lipinski definition) is 1. The second-order valence-electron chi connectivity index (χ2n) is 7.22. The molecular weight excluding hydrogens is 286 g/mol. The number of aryl methyl sites for hydroxylation is 2. The largest absolute Gasteiger partial charge is 0.353 e. The molecule has 0 saturated heterocycles. The highest BCUT2D eigenvalue weighted by Crippen LogP contribution is 2.27. The highest BCUT2D eigenvalue weighted by atomic mass is 16.1. The van der Waals surface area contributed by atoms with Gasteiger partial charge in [-0.25, -0.2) is 4.98 Å². The molecule has 4 heteroatoms. The normalized spacial score (nSPS) is 22.0. The Balaban J connectivity index is 1.51. The van der Waals surface area contributed by atoms with Crippen molar-refractivity contribution in [1.82, 2.24) is 14.7 Å². The minimum Gasteiger partial charge on any atom is -0.353 e. The zero-order valence-electron chi connectivity index (χ0n) is 13.8. The van der Waals surface area contributed by atoms with Gasteiger partial charge in [0.05, 0.1) is 5.69 Å². The highest BCUT2D eigenvalue weighted by Gasteiger charge is 2.29. The third kappa shape index (κ3) is 2.87. The molecule has 1 fully saturated rings. The van der Waals surface area contributed by atoms with E-state index in [1.165, 1.54) is 36.2 Å². The van der Waals surface area contributed by atoms with Gasteiger partial charge in [0.1, 0.15) is 5.65 Å². The molecule has 0 radical (unpaired) electrons. The van der Waals surface area contributed by atoms with Gasteiger partial charge in [0.2, 0.25) is 5.91 Å². The fourth-order valence-corrected chi connectivity index (χ4v) is 4.10. The van der Waals surface area contributed by atoms with Crippen molar-refractivity contribution in [2.24, 2.45) is 5.92 Å². The quantitative estimate of drug-likeness (QED) is 0.926. The number of fused-ring (bicyclic) bond motifs is 3. The third-order valence-electron chi connectivity index (χ3n) is 5.46. The van der Waals surface area contributed by atoms with Gasteiger partial charge in [-0.2, -0.15) is 0 Å². The maximum Gasteiger partial charge on any atom is 0.223 e. The van der Waals surface area contributed by atoms with E-state index in [1.807, 2.05) is 0 Å². The predicted molar refractivity (Wildman–Crippen MR) is 90.5 cm³/mol. The summed E-state index contributed by atoms with van der Waals surface area (Å²) >= 11 is 0. The Morgan fingerprint density at radius 1 is 1.26 bits per heavy atom. The molecule has 4 rings (SSSR count). The topological polar surface area (TPSA) is 46.4 Å². The SMILES string of the molecule is Cc1ccn2c3c(nc2c1)CCC(C(=O)NC1CCCCC1)C3. The molecule has 0 bridgehead atoms. The Morgan fingerprint density at radius 3 is 2.91 bits per heavy atom. The van der Waals surface area contributed by atoms with Crippen LogP contribution in [0, 0.1) is 12.8 Å². The summed E-state index contributed by atoms with van der Waals surface area (Å²) in [4.78, 5) is 17.4. The molecule has 1 amide bonds. The number of nitrogens with one attached hydrogen (secondary N) is 1. The smallest absolute Gasteiger partial charge is 0.223 e. The number of imidazole rings is 1. The van der Waals surface area contributed by atoms with Gasteiger partial charge in [0.15, 0.2) is 0 Å². The number of carbonyl (C=O) groups excluding carboxylic acids is 1. The zero-order valence-corrected chi connectivity index (χ0v) is 13.8. The molecule has 2 heterocycles. The fraction of sp³-hybridized carbons (Fsp3) is 0.579. The van der Waals surface area contributed by atoms with Crippen molar-refractivity contribution in [2.75, 3.05) is 0 Å². The summed E-state index contributed by atoms with van der Waals surface area (Å²) in [5.41, 5.74) is 4.65. The highest BCUT2D eigenvalue weighted by molar-refractivity contribution is 5.79. The minimum absolute atomic E-state index is 0.102. The summed E-state index contributed by atoms with van der Waals surface area (Å²) in [6, 6.07) is 4.64. The fourth-order valence-electron chi connectivity index (χ4n) is 4.10. The van der Waals surface area contributed by atoms with Gasteiger partial charge in [0.25, 0.3) is 0 Å². The van der Waals surface area contributed by atoms with Crippen molar-refractivity contribution >= 4 is 11.6 Å². The first-order valence-corrected chi connectivity index (χ1v) is 8.97. The average molecular weight is 311 g/mol. The Labute approximate surface area is 137 Å². The molecule has 2 aromatic rings. The van der Waals surface area contributed by atoms with Crippen LogP contribution in [-0.4, -0.2) is 21.3 Å². The van der Waals surface area contributed by atoms with Crippen molar-refractivity contribution in [3.8, 4) is 0 Å². The lowest BCUT2D eigenvalue weighted by Gasteiger charge is -2.27. The van der Waals surface area contributed by atoms with E-state index >= 15 is 0 Å². The van der Waals surface area contributed by atoms with Crippen molar-refractivity contribution in [3.63, 3.8) is 0 Å². The lowest BCUT2D eigenvalue weighted by Crippen LogP contribution is -2.41. The number of nitrogens with zero attached hydrogens (tertiary/aromatic N) is 2. The van der Waals surface area contributed by atoms with E-state index in [0.29, 0.717) is 6.04 Å². The summed E-state index contributed by atoms with van der Waals surface area (Å²) < 4.78 is 2.17.